The summed E-state index contributed by atoms with van der Waals surface area (Å²) in [6.45, 7) is 2.76. The molecule has 0 amide bonds. The van der Waals surface area contributed by atoms with E-state index >= 15 is 0 Å². The monoisotopic (exact) mass is 272 g/mol. The maximum Gasteiger partial charge on any atom is 0.216 e. The van der Waals surface area contributed by atoms with Gasteiger partial charge in [0.25, 0.3) is 0 Å². The van der Waals surface area contributed by atoms with Crippen molar-refractivity contribution in [3.63, 3.8) is 0 Å². The number of sulfonamides is 1. The molecule has 0 spiro atoms. The van der Waals surface area contributed by atoms with Crippen molar-refractivity contribution in [3.05, 3.63) is 0 Å². The van der Waals surface area contributed by atoms with Gasteiger partial charge in [0.05, 0.1) is 11.9 Å². The number of nitrogens with two attached hydrogens (primary N) is 1. The molecule has 1 fully saturated rings. The molecule has 1 rings (SSSR count). The molecule has 5 nitrogen and oxygen atoms in total. The molecule has 2 atom stereocenters. The van der Waals surface area contributed by atoms with Crippen LogP contribution in [0.3, 0.4) is 0 Å². The van der Waals surface area contributed by atoms with Gasteiger partial charge in [0.1, 0.15) is 0 Å². The van der Waals surface area contributed by atoms with Crippen LogP contribution in [0.2, 0.25) is 0 Å². The Morgan fingerprint density at radius 1 is 1.56 bits per heavy atom. The van der Waals surface area contributed by atoms with Crippen molar-refractivity contribution in [2.75, 3.05) is 26.0 Å². The second-order valence-electron chi connectivity index (χ2n) is 3.97. The quantitative estimate of drug-likeness (QED) is 0.776. The Balaban J connectivity index is 0.00000225. The highest BCUT2D eigenvalue weighted by atomic mass is 35.5. The number of rotatable bonds is 5. The molecule has 16 heavy (non-hydrogen) atoms. The van der Waals surface area contributed by atoms with Crippen LogP contribution in [0.1, 0.15) is 19.8 Å². The fourth-order valence-corrected chi connectivity index (χ4v) is 3.85. The summed E-state index contributed by atoms with van der Waals surface area (Å²) in [7, 11) is -1.69. The summed E-state index contributed by atoms with van der Waals surface area (Å²) in [6, 6.07) is -0.0148. The zero-order valence-corrected chi connectivity index (χ0v) is 11.4. The minimum Gasteiger partial charge on any atom is -0.381 e. The van der Waals surface area contributed by atoms with E-state index in [1.54, 1.807) is 6.92 Å². The number of hydrogen-bond donors (Lipinski definition) is 1. The third kappa shape index (κ3) is 3.85. The topological polar surface area (TPSA) is 72.6 Å². The van der Waals surface area contributed by atoms with E-state index in [4.69, 9.17) is 10.5 Å². The van der Waals surface area contributed by atoms with Gasteiger partial charge in [0.15, 0.2) is 0 Å². The van der Waals surface area contributed by atoms with Crippen molar-refractivity contribution in [2.45, 2.75) is 31.9 Å². The number of hydrogen-bond acceptors (Lipinski definition) is 4. The van der Waals surface area contributed by atoms with Crippen LogP contribution in [0, 0.1) is 0 Å². The summed E-state index contributed by atoms with van der Waals surface area (Å²) < 4.78 is 30.4. The minimum atomic E-state index is -3.20. The maximum absolute atomic E-state index is 12.0. The summed E-state index contributed by atoms with van der Waals surface area (Å²) >= 11 is 0. The first-order chi connectivity index (χ1) is 7.01. The van der Waals surface area contributed by atoms with Crippen LogP contribution >= 0.6 is 12.4 Å². The van der Waals surface area contributed by atoms with E-state index in [1.807, 2.05) is 0 Å². The Kier molecular flexibility index (Phi) is 6.81. The highest BCUT2D eigenvalue weighted by Gasteiger charge is 2.33. The van der Waals surface area contributed by atoms with Crippen molar-refractivity contribution < 1.29 is 13.2 Å². The van der Waals surface area contributed by atoms with Gasteiger partial charge in [-0.15, -0.1) is 12.4 Å². The largest absolute Gasteiger partial charge is 0.381 e. The van der Waals surface area contributed by atoms with E-state index in [1.165, 1.54) is 11.4 Å². The summed E-state index contributed by atoms with van der Waals surface area (Å²) in [5, 5.41) is 0. The zero-order valence-electron chi connectivity index (χ0n) is 9.76. The van der Waals surface area contributed by atoms with Gasteiger partial charge in [-0.2, -0.15) is 4.31 Å². The zero-order chi connectivity index (χ0) is 11.5. The van der Waals surface area contributed by atoms with Crippen LogP contribution in [0.25, 0.3) is 0 Å². The number of halogens is 1. The van der Waals surface area contributed by atoms with Crippen LogP contribution in [-0.2, 0) is 14.8 Å². The van der Waals surface area contributed by atoms with Crippen LogP contribution in [0.4, 0.5) is 0 Å². The maximum atomic E-state index is 12.0. The lowest BCUT2D eigenvalue weighted by molar-refractivity contribution is 0.135. The predicted octanol–water partition coefficient (Wildman–Crippen LogP) is 0.196. The Morgan fingerprint density at radius 3 is 2.69 bits per heavy atom. The SMILES string of the molecule is COC(C)CS(=O)(=O)N1CCCC1CN.Cl. The second-order valence-corrected chi connectivity index (χ2v) is 5.93. The van der Waals surface area contributed by atoms with Crippen LogP contribution in [0.15, 0.2) is 0 Å². The van der Waals surface area contributed by atoms with Crippen molar-refractivity contribution in [2.24, 2.45) is 5.73 Å². The average molecular weight is 273 g/mol. The molecule has 2 N–H and O–H groups in total. The average Bonchev–Trinajstić information content (AvgIpc) is 2.65. The van der Waals surface area contributed by atoms with Gasteiger partial charge in [-0.1, -0.05) is 0 Å². The molecule has 0 aliphatic carbocycles. The van der Waals surface area contributed by atoms with Gasteiger partial charge in [-0.3, -0.25) is 0 Å². The van der Waals surface area contributed by atoms with Gasteiger partial charge >= 0.3 is 0 Å². The normalized spacial score (nSPS) is 24.1. The van der Waals surface area contributed by atoms with E-state index in [-0.39, 0.29) is 30.3 Å². The van der Waals surface area contributed by atoms with E-state index in [2.05, 4.69) is 0 Å². The summed E-state index contributed by atoms with van der Waals surface area (Å²) in [5.41, 5.74) is 5.55. The minimum absolute atomic E-state index is 0. The predicted molar refractivity (Wildman–Crippen MR) is 66.3 cm³/mol. The third-order valence-corrected chi connectivity index (χ3v) is 4.89. The highest BCUT2D eigenvalue weighted by molar-refractivity contribution is 7.89. The van der Waals surface area contributed by atoms with Gasteiger partial charge in [0.2, 0.25) is 10.0 Å². The van der Waals surface area contributed by atoms with Gasteiger partial charge in [0, 0.05) is 26.2 Å². The van der Waals surface area contributed by atoms with Crippen molar-refractivity contribution >= 4 is 22.4 Å². The standard InChI is InChI=1S/C9H20N2O3S.ClH/c1-8(14-2)7-15(12,13)11-5-3-4-9(11)6-10;/h8-9H,3-7,10H2,1-2H3;1H. The van der Waals surface area contributed by atoms with E-state index in [0.29, 0.717) is 13.1 Å². The van der Waals surface area contributed by atoms with Crippen LogP contribution < -0.4 is 5.73 Å². The summed E-state index contributed by atoms with van der Waals surface area (Å²) in [4.78, 5) is 0. The van der Waals surface area contributed by atoms with Crippen molar-refractivity contribution in [3.8, 4) is 0 Å². The smallest absolute Gasteiger partial charge is 0.216 e. The Labute approximate surface area is 104 Å². The summed E-state index contributed by atoms with van der Waals surface area (Å²) in [5.74, 6) is 0.0417. The molecule has 1 saturated heterocycles. The first-order valence-electron chi connectivity index (χ1n) is 5.23. The van der Waals surface area contributed by atoms with E-state index in [9.17, 15) is 8.42 Å². The van der Waals surface area contributed by atoms with Gasteiger partial charge in [-0.05, 0) is 19.8 Å². The Hall–Kier alpha value is 0.120. The van der Waals surface area contributed by atoms with Crippen LogP contribution in [-0.4, -0.2) is 50.8 Å². The fourth-order valence-electron chi connectivity index (χ4n) is 1.87. The van der Waals surface area contributed by atoms with Gasteiger partial charge in [-0.25, -0.2) is 8.42 Å². The van der Waals surface area contributed by atoms with E-state index in [0.717, 1.165) is 12.8 Å². The third-order valence-electron chi connectivity index (χ3n) is 2.80. The molecule has 1 aliphatic heterocycles. The molecule has 1 aliphatic rings. The van der Waals surface area contributed by atoms with Crippen molar-refractivity contribution in [1.29, 1.82) is 0 Å². The Bertz CT molecular complexity index is 297. The first kappa shape index (κ1) is 16.1. The van der Waals surface area contributed by atoms with Gasteiger partial charge < -0.3 is 10.5 Å². The Morgan fingerprint density at radius 2 is 2.19 bits per heavy atom. The molecule has 0 radical (unpaired) electrons. The lowest BCUT2D eigenvalue weighted by Gasteiger charge is -2.24. The number of nitrogens with zero attached hydrogens (tertiary/aromatic N) is 1. The molecule has 0 aromatic heterocycles. The highest BCUT2D eigenvalue weighted by Crippen LogP contribution is 2.21. The molecule has 98 valence electrons. The molecule has 0 bridgehead atoms. The second kappa shape index (κ2) is 6.76. The molecular formula is C9H21ClN2O3S. The molecule has 1 heterocycles. The molecule has 7 heteroatoms. The van der Waals surface area contributed by atoms with Crippen molar-refractivity contribution in [1.82, 2.24) is 4.31 Å². The summed E-state index contributed by atoms with van der Waals surface area (Å²) in [6.07, 6.45) is 1.51. The molecular weight excluding hydrogens is 252 g/mol. The molecule has 0 aromatic carbocycles. The fraction of sp³-hybridized carbons (Fsp3) is 1.00. The van der Waals surface area contributed by atoms with Crippen LogP contribution in [0.5, 0.6) is 0 Å². The van der Waals surface area contributed by atoms with E-state index < -0.39 is 10.0 Å². The lowest BCUT2D eigenvalue weighted by atomic mass is 10.2. The number of ether oxygens (including phenoxy) is 1. The lowest BCUT2D eigenvalue weighted by Crippen LogP contribution is -2.42. The molecule has 2 unspecified atom stereocenters. The first-order valence-corrected chi connectivity index (χ1v) is 6.84. The number of methoxy groups -OCH3 is 1. The molecule has 0 aromatic rings. The molecule has 0 saturated carbocycles.